The molecular weight excluding hydrogens is 304 g/mol. The van der Waals surface area contributed by atoms with Crippen molar-refractivity contribution < 1.29 is 9.53 Å². The third kappa shape index (κ3) is 4.24. The third-order valence-corrected chi connectivity index (χ3v) is 5.12. The highest BCUT2D eigenvalue weighted by Crippen LogP contribution is 2.35. The molecule has 0 unspecified atom stereocenters. The number of ether oxygens (including phenoxy) is 1. The number of aromatic nitrogens is 1. The molecule has 2 aliphatic heterocycles. The maximum atomic E-state index is 11.9. The number of rotatable bonds is 3. The van der Waals surface area contributed by atoms with E-state index in [2.05, 4.69) is 21.3 Å². The van der Waals surface area contributed by atoms with Gasteiger partial charge in [0, 0.05) is 58.8 Å². The molecule has 3 rings (SSSR count). The molecule has 0 aliphatic carbocycles. The number of pyridine rings is 1. The van der Waals surface area contributed by atoms with Crippen LogP contribution < -0.4 is 5.32 Å². The van der Waals surface area contributed by atoms with E-state index in [0.717, 1.165) is 51.9 Å². The second-order valence-electron chi connectivity index (χ2n) is 7.20. The van der Waals surface area contributed by atoms with Gasteiger partial charge in [0.05, 0.1) is 5.60 Å². The molecule has 2 amide bonds. The van der Waals surface area contributed by atoms with Crippen molar-refractivity contribution in [3.8, 4) is 0 Å². The van der Waals surface area contributed by atoms with E-state index >= 15 is 0 Å². The lowest BCUT2D eigenvalue weighted by molar-refractivity contribution is -0.119. The first-order chi connectivity index (χ1) is 11.6. The Morgan fingerprint density at radius 2 is 2.25 bits per heavy atom. The van der Waals surface area contributed by atoms with E-state index < -0.39 is 0 Å². The van der Waals surface area contributed by atoms with Crippen LogP contribution in [0.4, 0.5) is 4.79 Å². The number of piperidine rings is 1. The maximum Gasteiger partial charge on any atom is 0.317 e. The first-order valence-electron chi connectivity index (χ1n) is 8.79. The number of urea groups is 1. The van der Waals surface area contributed by atoms with Crippen LogP contribution in [0.5, 0.6) is 0 Å². The van der Waals surface area contributed by atoms with Crippen molar-refractivity contribution in [1.82, 2.24) is 20.1 Å². The number of likely N-dealkylation sites (tertiary alicyclic amines) is 1. The summed E-state index contributed by atoms with van der Waals surface area (Å²) in [6.45, 7) is 3.75. The van der Waals surface area contributed by atoms with Crippen LogP contribution in [0.25, 0.3) is 0 Å². The number of carbonyl (C=O) groups is 1. The van der Waals surface area contributed by atoms with Crippen LogP contribution in [-0.4, -0.2) is 66.2 Å². The first kappa shape index (κ1) is 17.2. The molecule has 132 valence electrons. The van der Waals surface area contributed by atoms with E-state index in [-0.39, 0.29) is 17.7 Å². The number of hydrogen-bond acceptors (Lipinski definition) is 4. The standard InChI is InChI=1S/C18H28N4O2/c1-21(2)17(23)20-16-5-11-24-18(12-16)6-9-22(10-7-18)14-15-4-3-8-19-13-15/h3-4,8,13,16H,5-7,9-12,14H2,1-2H3,(H,20,23)/t16-/m0/s1. The van der Waals surface area contributed by atoms with E-state index in [1.807, 2.05) is 18.5 Å². The summed E-state index contributed by atoms with van der Waals surface area (Å²) >= 11 is 0. The predicted molar refractivity (Wildman–Crippen MR) is 92.7 cm³/mol. The van der Waals surface area contributed by atoms with Gasteiger partial charge in [-0.05, 0) is 37.3 Å². The Hall–Kier alpha value is -1.66. The van der Waals surface area contributed by atoms with E-state index in [1.54, 1.807) is 19.0 Å². The number of nitrogens with one attached hydrogen (secondary N) is 1. The summed E-state index contributed by atoms with van der Waals surface area (Å²) in [5.41, 5.74) is 1.20. The molecule has 2 aliphatic rings. The molecule has 1 aromatic rings. The van der Waals surface area contributed by atoms with Crippen molar-refractivity contribution in [3.05, 3.63) is 30.1 Å². The molecule has 2 saturated heterocycles. The Kier molecular flexibility index (Phi) is 5.36. The Balaban J connectivity index is 1.51. The summed E-state index contributed by atoms with van der Waals surface area (Å²) in [5, 5.41) is 3.13. The van der Waals surface area contributed by atoms with Gasteiger partial charge in [-0.15, -0.1) is 0 Å². The molecular formula is C18H28N4O2. The SMILES string of the molecule is CN(C)C(=O)N[C@H]1CCOC2(CCN(Cc3cccnc3)CC2)C1. The summed E-state index contributed by atoms with van der Waals surface area (Å²) in [5.74, 6) is 0. The zero-order valence-corrected chi connectivity index (χ0v) is 14.7. The summed E-state index contributed by atoms with van der Waals surface area (Å²) in [7, 11) is 3.56. The van der Waals surface area contributed by atoms with Gasteiger partial charge in [0.15, 0.2) is 0 Å². The van der Waals surface area contributed by atoms with E-state index in [4.69, 9.17) is 4.74 Å². The third-order valence-electron chi connectivity index (χ3n) is 5.12. The van der Waals surface area contributed by atoms with E-state index in [1.165, 1.54) is 5.56 Å². The number of nitrogens with zero attached hydrogens (tertiary/aromatic N) is 3. The second kappa shape index (κ2) is 7.49. The quantitative estimate of drug-likeness (QED) is 0.918. The Morgan fingerprint density at radius 1 is 1.46 bits per heavy atom. The normalized spacial score (nSPS) is 23.8. The zero-order valence-electron chi connectivity index (χ0n) is 14.7. The molecule has 6 nitrogen and oxygen atoms in total. The van der Waals surface area contributed by atoms with Crippen LogP contribution >= 0.6 is 0 Å². The van der Waals surface area contributed by atoms with E-state index in [9.17, 15) is 4.79 Å². The molecule has 1 aromatic heterocycles. The lowest BCUT2D eigenvalue weighted by Crippen LogP contribution is -2.54. The van der Waals surface area contributed by atoms with Crippen LogP contribution in [0, 0.1) is 0 Å². The fourth-order valence-corrected chi connectivity index (χ4v) is 3.67. The largest absolute Gasteiger partial charge is 0.375 e. The summed E-state index contributed by atoms with van der Waals surface area (Å²) in [6, 6.07) is 4.33. The minimum atomic E-state index is -0.0616. The average molecular weight is 332 g/mol. The fourth-order valence-electron chi connectivity index (χ4n) is 3.67. The van der Waals surface area contributed by atoms with Crippen molar-refractivity contribution >= 4 is 6.03 Å². The Labute approximate surface area is 144 Å². The lowest BCUT2D eigenvalue weighted by Gasteiger charge is -2.46. The molecule has 2 fully saturated rings. The molecule has 1 spiro atoms. The predicted octanol–water partition coefficient (Wildman–Crippen LogP) is 1.87. The minimum absolute atomic E-state index is 0.00827. The van der Waals surface area contributed by atoms with Gasteiger partial charge in [-0.25, -0.2) is 4.79 Å². The summed E-state index contributed by atoms with van der Waals surface area (Å²) in [6.07, 6.45) is 7.64. The number of carbonyl (C=O) groups excluding carboxylic acids is 1. The summed E-state index contributed by atoms with van der Waals surface area (Å²) in [4.78, 5) is 20.1. The van der Waals surface area contributed by atoms with Crippen LogP contribution in [0.1, 0.15) is 31.2 Å². The highest BCUT2D eigenvalue weighted by Gasteiger charge is 2.40. The molecule has 0 aromatic carbocycles. The monoisotopic (exact) mass is 332 g/mol. The van der Waals surface area contributed by atoms with Crippen LogP contribution in [0.2, 0.25) is 0 Å². The van der Waals surface area contributed by atoms with Gasteiger partial charge in [-0.2, -0.15) is 0 Å². The van der Waals surface area contributed by atoms with Crippen LogP contribution in [-0.2, 0) is 11.3 Å². The molecule has 3 heterocycles. The van der Waals surface area contributed by atoms with Crippen molar-refractivity contribution in [2.45, 2.75) is 43.9 Å². The van der Waals surface area contributed by atoms with Crippen LogP contribution in [0.3, 0.4) is 0 Å². The molecule has 24 heavy (non-hydrogen) atoms. The molecule has 1 N–H and O–H groups in total. The zero-order chi connectivity index (χ0) is 17.0. The highest BCUT2D eigenvalue weighted by molar-refractivity contribution is 5.73. The van der Waals surface area contributed by atoms with Gasteiger partial charge >= 0.3 is 6.03 Å². The van der Waals surface area contributed by atoms with Gasteiger partial charge < -0.3 is 15.0 Å². The van der Waals surface area contributed by atoms with Gasteiger partial charge in [0.25, 0.3) is 0 Å². The topological polar surface area (TPSA) is 57.7 Å². The van der Waals surface area contributed by atoms with Crippen LogP contribution in [0.15, 0.2) is 24.5 Å². The smallest absolute Gasteiger partial charge is 0.317 e. The molecule has 0 radical (unpaired) electrons. The highest BCUT2D eigenvalue weighted by atomic mass is 16.5. The molecule has 6 heteroatoms. The fraction of sp³-hybridized carbons (Fsp3) is 0.667. The van der Waals surface area contributed by atoms with E-state index in [0.29, 0.717) is 0 Å². The van der Waals surface area contributed by atoms with Gasteiger partial charge in [0.2, 0.25) is 0 Å². The Morgan fingerprint density at radius 3 is 2.92 bits per heavy atom. The average Bonchev–Trinajstić information content (AvgIpc) is 2.58. The van der Waals surface area contributed by atoms with Gasteiger partial charge in [-0.3, -0.25) is 9.88 Å². The lowest BCUT2D eigenvalue weighted by atomic mass is 9.82. The molecule has 0 saturated carbocycles. The maximum absolute atomic E-state index is 11.9. The van der Waals surface area contributed by atoms with Crippen molar-refractivity contribution in [3.63, 3.8) is 0 Å². The van der Waals surface area contributed by atoms with Crippen molar-refractivity contribution in [2.24, 2.45) is 0 Å². The van der Waals surface area contributed by atoms with Crippen molar-refractivity contribution in [2.75, 3.05) is 33.8 Å². The van der Waals surface area contributed by atoms with Gasteiger partial charge in [0.1, 0.15) is 0 Å². The number of amides is 2. The molecule has 1 atom stereocenters. The second-order valence-corrected chi connectivity index (χ2v) is 7.20. The minimum Gasteiger partial charge on any atom is -0.375 e. The Bertz CT molecular complexity index is 541. The molecule has 0 bridgehead atoms. The summed E-state index contributed by atoms with van der Waals surface area (Å²) < 4.78 is 6.17. The van der Waals surface area contributed by atoms with Crippen molar-refractivity contribution in [1.29, 1.82) is 0 Å². The first-order valence-corrected chi connectivity index (χ1v) is 8.79. The van der Waals surface area contributed by atoms with Gasteiger partial charge in [-0.1, -0.05) is 6.07 Å². The number of hydrogen-bond donors (Lipinski definition) is 1.